The highest BCUT2D eigenvalue weighted by atomic mass is 79.9. The zero-order valence-electron chi connectivity index (χ0n) is 10.1. The van der Waals surface area contributed by atoms with Gasteiger partial charge in [-0.25, -0.2) is 0 Å². The normalized spacial score (nSPS) is 12.8. The second kappa shape index (κ2) is 5.89. The Labute approximate surface area is 146 Å². The van der Waals surface area contributed by atoms with Crippen LogP contribution in [-0.2, 0) is 0 Å². The van der Waals surface area contributed by atoms with E-state index in [9.17, 15) is 5.11 Å². The van der Waals surface area contributed by atoms with Gasteiger partial charge >= 0.3 is 0 Å². The van der Waals surface area contributed by atoms with Crippen molar-refractivity contribution in [1.29, 1.82) is 0 Å². The van der Waals surface area contributed by atoms with E-state index >= 15 is 0 Å². The summed E-state index contributed by atoms with van der Waals surface area (Å²) in [4.78, 5) is 0. The van der Waals surface area contributed by atoms with Crippen LogP contribution in [-0.4, -0.2) is 5.11 Å². The van der Waals surface area contributed by atoms with Crippen molar-refractivity contribution in [3.05, 3.63) is 66.3 Å². The third-order valence-electron chi connectivity index (χ3n) is 3.08. The van der Waals surface area contributed by atoms with Gasteiger partial charge in [0.15, 0.2) is 0 Å². The Hall–Kier alpha value is -0.200. The molecule has 1 aromatic heterocycles. The minimum absolute atomic E-state index is 0.633. The Morgan fingerprint density at radius 1 is 1.00 bits per heavy atom. The van der Waals surface area contributed by atoms with Gasteiger partial charge in [0, 0.05) is 23.7 Å². The van der Waals surface area contributed by atoms with Gasteiger partial charge in [0.25, 0.3) is 0 Å². The lowest BCUT2D eigenvalue weighted by molar-refractivity contribution is 0.222. The van der Waals surface area contributed by atoms with Gasteiger partial charge in [0.2, 0.25) is 0 Å². The Kier molecular flexibility index (Phi) is 4.34. The van der Waals surface area contributed by atoms with E-state index in [1.54, 1.807) is 11.3 Å². The summed E-state index contributed by atoms with van der Waals surface area (Å²) in [6, 6.07) is 11.9. The first-order valence-electron chi connectivity index (χ1n) is 5.86. The average Bonchev–Trinajstić information content (AvgIpc) is 2.82. The summed E-state index contributed by atoms with van der Waals surface area (Å²) in [7, 11) is 0. The molecule has 5 heteroatoms. The fraction of sp³-hybridized carbons (Fsp3) is 0.0667. The van der Waals surface area contributed by atoms with Crippen molar-refractivity contribution in [3.63, 3.8) is 0 Å². The van der Waals surface area contributed by atoms with Crippen molar-refractivity contribution in [2.45, 2.75) is 6.10 Å². The number of halogens is 3. The molecular weight excluding hydrogens is 468 g/mol. The molecule has 1 nitrogen and oxygen atoms in total. The van der Waals surface area contributed by atoms with E-state index < -0.39 is 6.10 Å². The Morgan fingerprint density at radius 3 is 2.40 bits per heavy atom. The predicted octanol–water partition coefficient (Wildman–Crippen LogP) is 6.27. The van der Waals surface area contributed by atoms with Crippen molar-refractivity contribution in [2.24, 2.45) is 0 Å². The number of aliphatic hydroxyl groups is 1. The molecule has 0 bridgehead atoms. The minimum Gasteiger partial charge on any atom is -0.384 e. The van der Waals surface area contributed by atoms with E-state index in [1.165, 1.54) is 0 Å². The van der Waals surface area contributed by atoms with Crippen LogP contribution >= 0.6 is 59.1 Å². The first-order valence-corrected chi connectivity index (χ1v) is 9.12. The molecule has 3 rings (SSSR count). The summed E-state index contributed by atoms with van der Waals surface area (Å²) < 4.78 is 4.12. The second-order valence-electron chi connectivity index (χ2n) is 4.41. The van der Waals surface area contributed by atoms with Crippen molar-refractivity contribution in [3.8, 4) is 0 Å². The van der Waals surface area contributed by atoms with Crippen LogP contribution in [0.4, 0.5) is 0 Å². The standard InChI is InChI=1S/C15H9Br3OS/c16-9-4-8(5-10(17)6-9)14(19)12-7-20-15-11(12)2-1-3-13(15)18/h1-7,14,19H. The van der Waals surface area contributed by atoms with Crippen LogP contribution in [0.25, 0.3) is 10.1 Å². The Morgan fingerprint density at radius 2 is 1.70 bits per heavy atom. The average molecular weight is 477 g/mol. The van der Waals surface area contributed by atoms with E-state index in [0.29, 0.717) is 0 Å². The zero-order valence-corrected chi connectivity index (χ0v) is 15.7. The number of fused-ring (bicyclic) bond motifs is 1. The van der Waals surface area contributed by atoms with Crippen molar-refractivity contribution in [2.75, 3.05) is 0 Å². The third-order valence-corrected chi connectivity index (χ3v) is 5.96. The van der Waals surface area contributed by atoms with E-state index in [2.05, 4.69) is 47.8 Å². The summed E-state index contributed by atoms with van der Waals surface area (Å²) in [5.41, 5.74) is 1.81. The van der Waals surface area contributed by atoms with Crippen molar-refractivity contribution in [1.82, 2.24) is 0 Å². The molecule has 2 aromatic carbocycles. The molecule has 1 heterocycles. The van der Waals surface area contributed by atoms with Gasteiger partial charge in [-0.15, -0.1) is 11.3 Å². The smallest absolute Gasteiger partial charge is 0.106 e. The molecular formula is C15H9Br3OS. The van der Waals surface area contributed by atoms with E-state index in [4.69, 9.17) is 0 Å². The molecule has 3 aromatic rings. The predicted molar refractivity (Wildman–Crippen MR) is 95.4 cm³/mol. The molecule has 0 saturated carbocycles. The number of hydrogen-bond acceptors (Lipinski definition) is 2. The highest BCUT2D eigenvalue weighted by Gasteiger charge is 2.17. The quantitative estimate of drug-likeness (QED) is 0.462. The van der Waals surface area contributed by atoms with Crippen LogP contribution in [0.2, 0.25) is 0 Å². The van der Waals surface area contributed by atoms with Gasteiger partial charge < -0.3 is 5.11 Å². The fourth-order valence-corrected chi connectivity index (χ4v) is 5.14. The molecule has 20 heavy (non-hydrogen) atoms. The third kappa shape index (κ3) is 2.74. The number of rotatable bonds is 2. The molecule has 0 spiro atoms. The second-order valence-corrected chi connectivity index (χ2v) is 7.98. The number of benzene rings is 2. The Bertz CT molecular complexity index is 762. The van der Waals surface area contributed by atoms with Crippen LogP contribution in [0.5, 0.6) is 0 Å². The molecule has 0 radical (unpaired) electrons. The summed E-state index contributed by atoms with van der Waals surface area (Å²) in [6.45, 7) is 0. The molecule has 102 valence electrons. The highest BCUT2D eigenvalue weighted by Crippen LogP contribution is 2.38. The maximum Gasteiger partial charge on any atom is 0.106 e. The van der Waals surface area contributed by atoms with E-state index in [-0.39, 0.29) is 0 Å². The molecule has 0 amide bonds. The molecule has 0 fully saturated rings. The SMILES string of the molecule is OC(c1cc(Br)cc(Br)c1)c1csc2c(Br)cccc12. The van der Waals surface area contributed by atoms with E-state index in [0.717, 1.165) is 34.6 Å². The molecule has 1 unspecified atom stereocenters. The van der Waals surface area contributed by atoms with E-state index in [1.807, 2.05) is 41.8 Å². The van der Waals surface area contributed by atoms with Crippen LogP contribution in [0.15, 0.2) is 55.2 Å². The number of hydrogen-bond donors (Lipinski definition) is 1. The largest absolute Gasteiger partial charge is 0.384 e. The number of thiophene rings is 1. The summed E-state index contributed by atoms with van der Waals surface area (Å²) in [5, 5.41) is 13.8. The van der Waals surface area contributed by atoms with Crippen LogP contribution in [0.1, 0.15) is 17.2 Å². The molecule has 1 atom stereocenters. The van der Waals surface area contributed by atoms with Gasteiger partial charge in [0.1, 0.15) is 6.10 Å². The van der Waals surface area contributed by atoms with Gasteiger partial charge in [-0.1, -0.05) is 44.0 Å². The van der Waals surface area contributed by atoms with Crippen LogP contribution in [0.3, 0.4) is 0 Å². The van der Waals surface area contributed by atoms with Gasteiger partial charge in [-0.3, -0.25) is 0 Å². The van der Waals surface area contributed by atoms with Gasteiger partial charge in [-0.05, 0) is 56.5 Å². The first kappa shape index (κ1) is 14.7. The van der Waals surface area contributed by atoms with Crippen molar-refractivity contribution < 1.29 is 5.11 Å². The molecule has 1 N–H and O–H groups in total. The summed E-state index contributed by atoms with van der Waals surface area (Å²) >= 11 is 12.1. The zero-order chi connectivity index (χ0) is 14.3. The molecule has 0 saturated heterocycles. The lowest BCUT2D eigenvalue weighted by Crippen LogP contribution is -1.98. The fourth-order valence-electron chi connectivity index (χ4n) is 2.17. The first-order chi connectivity index (χ1) is 9.56. The molecule has 0 aliphatic rings. The maximum atomic E-state index is 10.7. The van der Waals surface area contributed by atoms with Gasteiger partial charge in [0.05, 0.1) is 0 Å². The lowest BCUT2D eigenvalue weighted by atomic mass is 10.0. The highest BCUT2D eigenvalue weighted by molar-refractivity contribution is 9.11. The van der Waals surface area contributed by atoms with Gasteiger partial charge in [-0.2, -0.15) is 0 Å². The minimum atomic E-state index is -0.633. The molecule has 0 aliphatic heterocycles. The topological polar surface area (TPSA) is 20.2 Å². The maximum absolute atomic E-state index is 10.7. The van der Waals surface area contributed by atoms with Crippen LogP contribution < -0.4 is 0 Å². The van der Waals surface area contributed by atoms with Crippen molar-refractivity contribution >= 4 is 69.2 Å². The monoisotopic (exact) mass is 474 g/mol. The summed E-state index contributed by atoms with van der Waals surface area (Å²) in [6.07, 6.45) is -0.633. The molecule has 0 aliphatic carbocycles. The number of aliphatic hydroxyl groups excluding tert-OH is 1. The Balaban J connectivity index is 2.13. The lowest BCUT2D eigenvalue weighted by Gasteiger charge is -2.12. The van der Waals surface area contributed by atoms with Crippen LogP contribution in [0, 0.1) is 0 Å². The summed E-state index contributed by atoms with van der Waals surface area (Å²) in [5.74, 6) is 0.